The molecule has 0 saturated carbocycles. The van der Waals surface area contributed by atoms with Crippen LogP contribution in [0.15, 0.2) is 46.9 Å². The van der Waals surface area contributed by atoms with Crippen LogP contribution in [0.4, 0.5) is 4.39 Å². The van der Waals surface area contributed by atoms with E-state index in [0.29, 0.717) is 23.9 Å². The average Bonchev–Trinajstić information content (AvgIpc) is 2.46. The Kier molecular flexibility index (Phi) is 3.69. The lowest BCUT2D eigenvalue weighted by Crippen LogP contribution is -2.33. The molecule has 1 aliphatic heterocycles. The zero-order valence-electron chi connectivity index (χ0n) is 11.3. The molecule has 1 heterocycles. The lowest BCUT2D eigenvalue weighted by atomic mass is 9.73. The maximum atomic E-state index is 13.6. The summed E-state index contributed by atoms with van der Waals surface area (Å²) in [5.74, 6) is 0.452. The molecule has 0 fully saturated rings. The maximum Gasteiger partial charge on any atom is 0.124 e. The number of para-hydroxylation sites is 1. The first-order valence-corrected chi connectivity index (χ1v) is 7.51. The van der Waals surface area contributed by atoms with Gasteiger partial charge in [0, 0.05) is 16.5 Å². The number of nitriles is 1. The van der Waals surface area contributed by atoms with Crippen molar-refractivity contribution in [1.82, 2.24) is 0 Å². The Bertz CT molecular complexity index is 705. The van der Waals surface area contributed by atoms with Crippen molar-refractivity contribution in [2.45, 2.75) is 18.3 Å². The highest BCUT2D eigenvalue weighted by Gasteiger charge is 2.38. The Hall–Kier alpha value is -1.86. The zero-order chi connectivity index (χ0) is 14.9. The van der Waals surface area contributed by atoms with E-state index in [0.717, 1.165) is 16.9 Å². The van der Waals surface area contributed by atoms with Crippen LogP contribution in [0.5, 0.6) is 5.75 Å². The van der Waals surface area contributed by atoms with Gasteiger partial charge in [0.15, 0.2) is 0 Å². The molecule has 0 aromatic heterocycles. The molecule has 2 aromatic rings. The number of fused-ring (bicyclic) bond motifs is 1. The fraction of sp³-hybridized carbons (Fsp3) is 0.235. The van der Waals surface area contributed by atoms with Gasteiger partial charge in [0.1, 0.15) is 11.6 Å². The predicted octanol–water partition coefficient (Wildman–Crippen LogP) is 4.37. The monoisotopic (exact) mass is 345 g/mol. The van der Waals surface area contributed by atoms with Crippen LogP contribution in [0.3, 0.4) is 0 Å². The quantitative estimate of drug-likeness (QED) is 0.809. The van der Waals surface area contributed by atoms with Gasteiger partial charge in [0.2, 0.25) is 0 Å². The average molecular weight is 346 g/mol. The first-order valence-electron chi connectivity index (χ1n) is 6.71. The highest BCUT2D eigenvalue weighted by atomic mass is 79.9. The van der Waals surface area contributed by atoms with Crippen LogP contribution >= 0.6 is 15.9 Å². The normalized spacial score (nSPS) is 20.2. The van der Waals surface area contributed by atoms with Gasteiger partial charge in [-0.2, -0.15) is 5.26 Å². The summed E-state index contributed by atoms with van der Waals surface area (Å²) >= 11 is 3.30. The second-order valence-electron chi connectivity index (χ2n) is 5.24. The van der Waals surface area contributed by atoms with Crippen molar-refractivity contribution in [3.05, 3.63) is 63.9 Å². The Morgan fingerprint density at radius 1 is 1.29 bits per heavy atom. The Morgan fingerprint density at radius 3 is 2.86 bits per heavy atom. The third-order valence-electron chi connectivity index (χ3n) is 3.83. The topological polar surface area (TPSA) is 33.0 Å². The Labute approximate surface area is 131 Å². The van der Waals surface area contributed by atoms with E-state index < -0.39 is 5.41 Å². The third kappa shape index (κ3) is 2.66. The zero-order valence-corrected chi connectivity index (χ0v) is 12.9. The number of hydrogen-bond acceptors (Lipinski definition) is 2. The van der Waals surface area contributed by atoms with Crippen molar-refractivity contribution in [3.8, 4) is 11.8 Å². The first-order chi connectivity index (χ1) is 10.1. The largest absolute Gasteiger partial charge is 0.493 e. The molecule has 1 aliphatic rings. The van der Waals surface area contributed by atoms with E-state index in [1.54, 1.807) is 0 Å². The van der Waals surface area contributed by atoms with Gasteiger partial charge in [-0.05, 0) is 36.2 Å². The van der Waals surface area contributed by atoms with E-state index >= 15 is 0 Å². The SMILES string of the molecule is N#CC1(Cc2cc(F)cc(Br)c2)CCOc2ccccc21. The minimum absolute atomic E-state index is 0.298. The molecule has 0 amide bonds. The molecule has 21 heavy (non-hydrogen) atoms. The van der Waals surface area contributed by atoms with Crippen LogP contribution in [0.25, 0.3) is 0 Å². The second kappa shape index (κ2) is 5.50. The highest BCUT2D eigenvalue weighted by Crippen LogP contribution is 2.41. The molecule has 4 heteroatoms. The summed E-state index contributed by atoms with van der Waals surface area (Å²) in [6.45, 7) is 0.501. The summed E-state index contributed by atoms with van der Waals surface area (Å²) in [7, 11) is 0. The van der Waals surface area contributed by atoms with Gasteiger partial charge in [0.25, 0.3) is 0 Å². The van der Waals surface area contributed by atoms with Crippen molar-refractivity contribution < 1.29 is 9.13 Å². The maximum absolute atomic E-state index is 13.6. The lowest BCUT2D eigenvalue weighted by molar-refractivity contribution is 0.241. The van der Waals surface area contributed by atoms with Crippen molar-refractivity contribution in [2.75, 3.05) is 6.61 Å². The van der Waals surface area contributed by atoms with E-state index in [2.05, 4.69) is 22.0 Å². The summed E-state index contributed by atoms with van der Waals surface area (Å²) < 4.78 is 19.9. The molecule has 0 bridgehead atoms. The molecule has 0 spiro atoms. The minimum Gasteiger partial charge on any atom is -0.493 e. The highest BCUT2D eigenvalue weighted by molar-refractivity contribution is 9.10. The smallest absolute Gasteiger partial charge is 0.124 e. The minimum atomic E-state index is -0.665. The molecule has 0 radical (unpaired) electrons. The Morgan fingerprint density at radius 2 is 2.10 bits per heavy atom. The van der Waals surface area contributed by atoms with Crippen molar-refractivity contribution >= 4 is 15.9 Å². The van der Waals surface area contributed by atoms with Crippen molar-refractivity contribution in [1.29, 1.82) is 5.26 Å². The molecular weight excluding hydrogens is 333 g/mol. The van der Waals surface area contributed by atoms with Crippen LogP contribution in [-0.2, 0) is 11.8 Å². The van der Waals surface area contributed by atoms with E-state index in [1.165, 1.54) is 12.1 Å². The van der Waals surface area contributed by atoms with Crippen molar-refractivity contribution in [2.24, 2.45) is 0 Å². The van der Waals surface area contributed by atoms with E-state index in [-0.39, 0.29) is 5.82 Å². The first kappa shape index (κ1) is 14.1. The van der Waals surface area contributed by atoms with Crippen LogP contribution in [0.1, 0.15) is 17.5 Å². The van der Waals surface area contributed by atoms with E-state index in [9.17, 15) is 9.65 Å². The number of nitrogens with zero attached hydrogens (tertiary/aromatic N) is 1. The molecule has 0 saturated heterocycles. The molecule has 3 rings (SSSR count). The molecule has 1 unspecified atom stereocenters. The third-order valence-corrected chi connectivity index (χ3v) is 4.29. The molecule has 106 valence electrons. The van der Waals surface area contributed by atoms with Crippen LogP contribution < -0.4 is 4.74 Å². The van der Waals surface area contributed by atoms with Gasteiger partial charge >= 0.3 is 0 Å². The molecule has 0 aliphatic carbocycles. The summed E-state index contributed by atoms with van der Waals surface area (Å²) in [6.07, 6.45) is 1.08. The van der Waals surface area contributed by atoms with Gasteiger partial charge < -0.3 is 4.74 Å². The summed E-state index contributed by atoms with van der Waals surface area (Å²) in [4.78, 5) is 0. The van der Waals surface area contributed by atoms with Gasteiger partial charge in [0.05, 0.1) is 18.1 Å². The van der Waals surface area contributed by atoms with Crippen LogP contribution in [0.2, 0.25) is 0 Å². The van der Waals surface area contributed by atoms with Gasteiger partial charge in [-0.25, -0.2) is 4.39 Å². The van der Waals surface area contributed by atoms with Crippen LogP contribution in [0, 0.1) is 17.1 Å². The van der Waals surface area contributed by atoms with E-state index in [4.69, 9.17) is 4.74 Å². The second-order valence-corrected chi connectivity index (χ2v) is 6.16. The predicted molar refractivity (Wildman–Crippen MR) is 81.6 cm³/mol. The fourth-order valence-corrected chi connectivity index (χ4v) is 3.37. The summed E-state index contributed by atoms with van der Waals surface area (Å²) in [5, 5.41) is 9.78. The van der Waals surface area contributed by atoms with Gasteiger partial charge in [-0.15, -0.1) is 0 Å². The number of halogens is 2. The summed E-state index contributed by atoms with van der Waals surface area (Å²) in [6, 6.07) is 14.8. The van der Waals surface area contributed by atoms with Gasteiger partial charge in [-0.3, -0.25) is 0 Å². The fourth-order valence-electron chi connectivity index (χ4n) is 2.86. The number of benzene rings is 2. The molecule has 0 N–H and O–H groups in total. The number of hydrogen-bond donors (Lipinski definition) is 0. The number of ether oxygens (including phenoxy) is 1. The molecular formula is C17H13BrFNO. The molecule has 1 atom stereocenters. The number of rotatable bonds is 2. The molecule has 2 aromatic carbocycles. The standard InChI is InChI=1S/C17H13BrFNO/c18-13-7-12(8-14(19)9-13)10-17(11-20)5-6-21-16-4-2-1-3-15(16)17/h1-4,7-9H,5-6,10H2. The lowest BCUT2D eigenvalue weighted by Gasteiger charge is -2.33. The summed E-state index contributed by atoms with van der Waals surface area (Å²) in [5.41, 5.74) is 1.03. The molecule has 2 nitrogen and oxygen atoms in total. The Balaban J connectivity index is 2.05. The van der Waals surface area contributed by atoms with Crippen molar-refractivity contribution in [3.63, 3.8) is 0 Å². The van der Waals surface area contributed by atoms with E-state index in [1.807, 2.05) is 30.3 Å². The van der Waals surface area contributed by atoms with Crippen LogP contribution in [-0.4, -0.2) is 6.61 Å². The van der Waals surface area contributed by atoms with Gasteiger partial charge in [-0.1, -0.05) is 34.1 Å².